The molecule has 0 spiro atoms. The van der Waals surface area contributed by atoms with Crippen molar-refractivity contribution in [3.63, 3.8) is 0 Å². The summed E-state index contributed by atoms with van der Waals surface area (Å²) in [6, 6.07) is 0.714. The van der Waals surface area contributed by atoms with E-state index >= 15 is 0 Å². The van der Waals surface area contributed by atoms with E-state index in [1.165, 1.54) is 0 Å². The smallest absolute Gasteiger partial charge is 0.162 e. The van der Waals surface area contributed by atoms with Gasteiger partial charge in [0.05, 0.1) is 13.3 Å². The lowest BCUT2D eigenvalue weighted by atomic mass is 9.79. The summed E-state index contributed by atoms with van der Waals surface area (Å²) in [5, 5.41) is 18.7. The average Bonchev–Trinajstić information content (AvgIpc) is 2.84. The minimum atomic E-state index is -0.820. The average molecular weight is 267 g/mol. The standard InChI is InChI=1S/C14H25N3O2/c1-10(2)17-13(12(19-4)9-16-17)14(18)7-5-11(15-3)6-8-14/h9-11,15,18H,5-8H2,1-4H3. The van der Waals surface area contributed by atoms with Gasteiger partial charge in [-0.15, -0.1) is 0 Å². The Labute approximate surface area is 115 Å². The summed E-state index contributed by atoms with van der Waals surface area (Å²) in [6.45, 7) is 4.14. The molecule has 0 radical (unpaired) electrons. The third kappa shape index (κ3) is 2.62. The molecule has 2 rings (SSSR count). The highest BCUT2D eigenvalue weighted by atomic mass is 16.5. The van der Waals surface area contributed by atoms with Crippen LogP contribution in [0.5, 0.6) is 5.75 Å². The van der Waals surface area contributed by atoms with E-state index in [0.717, 1.165) is 31.4 Å². The van der Waals surface area contributed by atoms with Crippen LogP contribution in [0.3, 0.4) is 0 Å². The highest BCUT2D eigenvalue weighted by Gasteiger charge is 2.40. The summed E-state index contributed by atoms with van der Waals surface area (Å²) < 4.78 is 7.28. The topological polar surface area (TPSA) is 59.3 Å². The molecule has 1 aromatic rings. The summed E-state index contributed by atoms with van der Waals surface area (Å²) in [5.74, 6) is 0.694. The molecular formula is C14H25N3O2. The Kier molecular flexibility index (Phi) is 4.16. The quantitative estimate of drug-likeness (QED) is 0.873. The number of methoxy groups -OCH3 is 1. The summed E-state index contributed by atoms with van der Waals surface area (Å²) >= 11 is 0. The van der Waals surface area contributed by atoms with Crippen LogP contribution in [-0.4, -0.2) is 35.1 Å². The van der Waals surface area contributed by atoms with Gasteiger partial charge in [0.25, 0.3) is 0 Å². The Morgan fingerprint density at radius 1 is 1.47 bits per heavy atom. The maximum Gasteiger partial charge on any atom is 0.162 e. The number of aliphatic hydroxyl groups is 1. The van der Waals surface area contributed by atoms with Crippen LogP contribution in [0.15, 0.2) is 6.20 Å². The van der Waals surface area contributed by atoms with Crippen LogP contribution < -0.4 is 10.1 Å². The summed E-state index contributed by atoms with van der Waals surface area (Å²) in [6.07, 6.45) is 5.14. The zero-order chi connectivity index (χ0) is 14.0. The second kappa shape index (κ2) is 5.51. The molecule has 1 fully saturated rings. The molecule has 1 aliphatic carbocycles. The number of hydrogen-bond donors (Lipinski definition) is 2. The van der Waals surface area contributed by atoms with Gasteiger partial charge in [0, 0.05) is 12.1 Å². The van der Waals surface area contributed by atoms with Gasteiger partial charge >= 0.3 is 0 Å². The van der Waals surface area contributed by atoms with Crippen molar-refractivity contribution in [3.8, 4) is 5.75 Å². The van der Waals surface area contributed by atoms with E-state index < -0.39 is 5.60 Å². The normalized spacial score (nSPS) is 27.8. The molecular weight excluding hydrogens is 242 g/mol. The van der Waals surface area contributed by atoms with E-state index in [2.05, 4.69) is 24.3 Å². The summed E-state index contributed by atoms with van der Waals surface area (Å²) in [5.41, 5.74) is 0.0129. The lowest BCUT2D eigenvalue weighted by Gasteiger charge is -2.37. The molecule has 0 aliphatic heterocycles. The number of nitrogens with zero attached hydrogens (tertiary/aromatic N) is 2. The Morgan fingerprint density at radius 2 is 2.11 bits per heavy atom. The Morgan fingerprint density at radius 3 is 2.58 bits per heavy atom. The second-order valence-corrected chi connectivity index (χ2v) is 5.69. The molecule has 0 amide bonds. The van der Waals surface area contributed by atoms with Crippen molar-refractivity contribution >= 4 is 0 Å². The van der Waals surface area contributed by atoms with E-state index in [1.54, 1.807) is 13.3 Å². The molecule has 0 unspecified atom stereocenters. The van der Waals surface area contributed by atoms with Crippen LogP contribution in [0.4, 0.5) is 0 Å². The molecule has 0 aromatic carbocycles. The number of ether oxygens (including phenoxy) is 1. The van der Waals surface area contributed by atoms with Crippen LogP contribution in [-0.2, 0) is 5.60 Å². The zero-order valence-electron chi connectivity index (χ0n) is 12.3. The molecule has 1 heterocycles. The molecule has 2 N–H and O–H groups in total. The van der Waals surface area contributed by atoms with Gasteiger partial charge in [0.2, 0.25) is 0 Å². The van der Waals surface area contributed by atoms with Crippen LogP contribution in [0, 0.1) is 0 Å². The van der Waals surface area contributed by atoms with Gasteiger partial charge in [-0.25, -0.2) is 0 Å². The number of hydrogen-bond acceptors (Lipinski definition) is 4. The third-order valence-corrected chi connectivity index (χ3v) is 4.13. The van der Waals surface area contributed by atoms with Crippen molar-refractivity contribution in [2.45, 2.75) is 57.2 Å². The fourth-order valence-corrected chi connectivity index (χ4v) is 2.95. The SMILES string of the molecule is CNC1CCC(O)(c2c(OC)cnn2C(C)C)CC1. The molecule has 1 aromatic heterocycles. The van der Waals surface area contributed by atoms with E-state index in [0.29, 0.717) is 11.8 Å². The molecule has 5 nitrogen and oxygen atoms in total. The van der Waals surface area contributed by atoms with E-state index in [9.17, 15) is 5.11 Å². The van der Waals surface area contributed by atoms with Gasteiger partial charge in [0.15, 0.2) is 5.75 Å². The van der Waals surface area contributed by atoms with E-state index in [4.69, 9.17) is 4.74 Å². The maximum atomic E-state index is 11.0. The van der Waals surface area contributed by atoms with Crippen molar-refractivity contribution in [1.82, 2.24) is 15.1 Å². The van der Waals surface area contributed by atoms with Crippen LogP contribution in [0.25, 0.3) is 0 Å². The lowest BCUT2D eigenvalue weighted by Crippen LogP contribution is -2.40. The molecule has 0 bridgehead atoms. The van der Waals surface area contributed by atoms with Gasteiger partial charge < -0.3 is 15.2 Å². The van der Waals surface area contributed by atoms with Gasteiger partial charge in [-0.05, 0) is 46.6 Å². The number of nitrogens with one attached hydrogen (secondary N) is 1. The van der Waals surface area contributed by atoms with Crippen molar-refractivity contribution < 1.29 is 9.84 Å². The predicted octanol–water partition coefficient (Wildman–Crippen LogP) is 1.82. The van der Waals surface area contributed by atoms with Gasteiger partial charge in [0.1, 0.15) is 11.3 Å². The first-order chi connectivity index (χ1) is 9.01. The fourth-order valence-electron chi connectivity index (χ4n) is 2.95. The fraction of sp³-hybridized carbons (Fsp3) is 0.786. The largest absolute Gasteiger partial charge is 0.493 e. The first-order valence-electron chi connectivity index (χ1n) is 7.03. The van der Waals surface area contributed by atoms with Crippen LogP contribution >= 0.6 is 0 Å². The van der Waals surface area contributed by atoms with Gasteiger partial charge in [-0.3, -0.25) is 4.68 Å². The molecule has 1 aliphatic rings. The predicted molar refractivity (Wildman–Crippen MR) is 74.4 cm³/mol. The molecule has 1 saturated carbocycles. The monoisotopic (exact) mass is 267 g/mol. The van der Waals surface area contributed by atoms with Gasteiger partial charge in [-0.2, -0.15) is 5.10 Å². The molecule has 19 heavy (non-hydrogen) atoms. The van der Waals surface area contributed by atoms with Crippen molar-refractivity contribution in [2.24, 2.45) is 0 Å². The number of rotatable bonds is 4. The molecule has 108 valence electrons. The highest BCUT2D eigenvalue weighted by molar-refractivity contribution is 5.31. The van der Waals surface area contributed by atoms with Crippen molar-refractivity contribution in [1.29, 1.82) is 0 Å². The van der Waals surface area contributed by atoms with Crippen LogP contribution in [0.1, 0.15) is 51.3 Å². The third-order valence-electron chi connectivity index (χ3n) is 4.13. The highest BCUT2D eigenvalue weighted by Crippen LogP contribution is 2.41. The Balaban J connectivity index is 2.32. The first-order valence-corrected chi connectivity index (χ1v) is 7.03. The zero-order valence-corrected chi connectivity index (χ0v) is 12.3. The molecule has 0 saturated heterocycles. The molecule has 5 heteroatoms. The van der Waals surface area contributed by atoms with Crippen molar-refractivity contribution in [2.75, 3.05) is 14.2 Å². The van der Waals surface area contributed by atoms with Crippen molar-refractivity contribution in [3.05, 3.63) is 11.9 Å². The second-order valence-electron chi connectivity index (χ2n) is 5.69. The van der Waals surface area contributed by atoms with E-state index in [1.807, 2.05) is 11.7 Å². The summed E-state index contributed by atoms with van der Waals surface area (Å²) in [4.78, 5) is 0. The van der Waals surface area contributed by atoms with Gasteiger partial charge in [-0.1, -0.05) is 0 Å². The first kappa shape index (κ1) is 14.3. The Bertz CT molecular complexity index is 420. The summed E-state index contributed by atoms with van der Waals surface area (Å²) in [7, 11) is 3.61. The number of aromatic nitrogens is 2. The lowest BCUT2D eigenvalue weighted by molar-refractivity contribution is -0.0181. The van der Waals surface area contributed by atoms with Crippen LogP contribution in [0.2, 0.25) is 0 Å². The maximum absolute atomic E-state index is 11.0. The molecule has 0 atom stereocenters. The minimum absolute atomic E-state index is 0.213. The minimum Gasteiger partial charge on any atom is -0.493 e. The van der Waals surface area contributed by atoms with E-state index in [-0.39, 0.29) is 6.04 Å². The Hall–Kier alpha value is -1.07.